The summed E-state index contributed by atoms with van der Waals surface area (Å²) in [7, 11) is 1.70. The molecule has 1 N–H and O–H groups in total. The highest BCUT2D eigenvalue weighted by Gasteiger charge is 2.25. The predicted octanol–water partition coefficient (Wildman–Crippen LogP) is 1.99. The number of morpholine rings is 1. The van der Waals surface area contributed by atoms with Crippen molar-refractivity contribution in [3.05, 3.63) is 23.9 Å². The molecule has 0 saturated carbocycles. The fourth-order valence-corrected chi connectivity index (χ4v) is 3.75. The number of aromatic nitrogens is 1. The minimum absolute atomic E-state index is 0. The van der Waals surface area contributed by atoms with E-state index in [2.05, 4.69) is 33.1 Å². The lowest BCUT2D eigenvalue weighted by molar-refractivity contribution is 0.0536. The van der Waals surface area contributed by atoms with Crippen LogP contribution < -0.4 is 10.2 Å². The van der Waals surface area contributed by atoms with E-state index < -0.39 is 0 Å². The molecule has 1 atom stereocenters. The number of nitrogens with zero attached hydrogens (tertiary/aromatic N) is 4. The number of methoxy groups -OCH3 is 1. The van der Waals surface area contributed by atoms with Crippen LogP contribution in [0, 0.1) is 5.92 Å². The molecule has 0 amide bonds. The molecule has 0 aromatic carbocycles. The van der Waals surface area contributed by atoms with Crippen molar-refractivity contribution in [1.82, 2.24) is 15.2 Å². The van der Waals surface area contributed by atoms with Crippen molar-refractivity contribution >= 4 is 35.8 Å². The van der Waals surface area contributed by atoms with E-state index in [1.807, 2.05) is 12.3 Å². The van der Waals surface area contributed by atoms with Gasteiger partial charge < -0.3 is 29.3 Å². The van der Waals surface area contributed by atoms with Crippen molar-refractivity contribution in [1.29, 1.82) is 0 Å². The van der Waals surface area contributed by atoms with Crippen LogP contribution >= 0.6 is 24.0 Å². The number of nitrogens with one attached hydrogen (secondary N) is 1. The van der Waals surface area contributed by atoms with Crippen LogP contribution in [0.5, 0.6) is 0 Å². The van der Waals surface area contributed by atoms with Crippen LogP contribution in [0.3, 0.4) is 0 Å². The Hall–Kier alpha value is -1.17. The summed E-state index contributed by atoms with van der Waals surface area (Å²) in [6.45, 7) is 10.9. The van der Waals surface area contributed by atoms with Gasteiger partial charge >= 0.3 is 0 Å². The minimum atomic E-state index is 0. The summed E-state index contributed by atoms with van der Waals surface area (Å²) in [6, 6.07) is 4.12. The highest BCUT2D eigenvalue weighted by Crippen LogP contribution is 2.20. The van der Waals surface area contributed by atoms with Crippen LogP contribution in [0.4, 0.5) is 5.82 Å². The first-order valence-electron chi connectivity index (χ1n) is 10.7. The number of halogens is 1. The first kappa shape index (κ1) is 25.1. The molecule has 3 rings (SSSR count). The molecule has 0 radical (unpaired) electrons. The molecule has 0 aliphatic carbocycles. The van der Waals surface area contributed by atoms with Gasteiger partial charge in [-0.2, -0.15) is 0 Å². The number of likely N-dealkylation sites (tertiary alicyclic amines) is 1. The number of guanidine groups is 1. The third-order valence-corrected chi connectivity index (χ3v) is 5.28. The summed E-state index contributed by atoms with van der Waals surface area (Å²) in [5, 5.41) is 3.45. The zero-order valence-electron chi connectivity index (χ0n) is 18.2. The Morgan fingerprint density at radius 2 is 2.13 bits per heavy atom. The van der Waals surface area contributed by atoms with Gasteiger partial charge in [0, 0.05) is 57.5 Å². The van der Waals surface area contributed by atoms with Crippen LogP contribution in [0.1, 0.15) is 18.9 Å². The predicted molar refractivity (Wildman–Crippen MR) is 130 cm³/mol. The normalized spacial score (nSPS) is 19.7. The Labute approximate surface area is 197 Å². The molecule has 0 spiro atoms. The summed E-state index contributed by atoms with van der Waals surface area (Å²) in [5.41, 5.74) is 1.16. The van der Waals surface area contributed by atoms with Gasteiger partial charge in [-0.15, -0.1) is 24.0 Å². The molecule has 1 aromatic rings. The van der Waals surface area contributed by atoms with Gasteiger partial charge in [0.15, 0.2) is 5.96 Å². The number of ether oxygens (including phenoxy) is 3. The number of anilines is 1. The summed E-state index contributed by atoms with van der Waals surface area (Å²) in [4.78, 5) is 14.2. The summed E-state index contributed by atoms with van der Waals surface area (Å²) in [6.07, 6.45) is 2.99. The van der Waals surface area contributed by atoms with Gasteiger partial charge in [0.05, 0.1) is 39.6 Å². The highest BCUT2D eigenvalue weighted by molar-refractivity contribution is 14.0. The Morgan fingerprint density at radius 1 is 1.30 bits per heavy atom. The molecule has 8 nitrogen and oxygen atoms in total. The third kappa shape index (κ3) is 7.51. The monoisotopic (exact) mass is 533 g/mol. The molecule has 2 saturated heterocycles. The van der Waals surface area contributed by atoms with Gasteiger partial charge in [-0.1, -0.05) is 6.07 Å². The maximum atomic E-state index is 5.72. The molecule has 2 aliphatic heterocycles. The van der Waals surface area contributed by atoms with Gasteiger partial charge in [-0.05, 0) is 19.4 Å². The summed E-state index contributed by atoms with van der Waals surface area (Å²) >= 11 is 0. The van der Waals surface area contributed by atoms with Crippen LogP contribution in [0.25, 0.3) is 0 Å². The van der Waals surface area contributed by atoms with Crippen molar-refractivity contribution in [3.63, 3.8) is 0 Å². The number of pyridine rings is 1. The van der Waals surface area contributed by atoms with Crippen molar-refractivity contribution in [2.24, 2.45) is 10.9 Å². The molecule has 1 aromatic heterocycles. The number of aliphatic imine (C=N–C) groups is 1. The van der Waals surface area contributed by atoms with E-state index >= 15 is 0 Å². The second-order valence-electron chi connectivity index (χ2n) is 7.42. The fourth-order valence-electron chi connectivity index (χ4n) is 3.75. The lowest BCUT2D eigenvalue weighted by Gasteiger charge is -2.29. The quantitative estimate of drug-likeness (QED) is 0.225. The maximum absolute atomic E-state index is 5.72. The van der Waals surface area contributed by atoms with Crippen molar-refractivity contribution in [2.45, 2.75) is 19.9 Å². The standard InChI is InChI=1S/C21H35N5O3.HI/c1-3-22-21(26-8-6-18(16-26)17-29-14-13-27-2)24-15-19-5-4-7-23-20(19)25-9-11-28-12-10-25;/h4-5,7,18H,3,6,8-17H2,1-2H3,(H,22,24);1H. The van der Waals surface area contributed by atoms with Gasteiger partial charge in [0.25, 0.3) is 0 Å². The van der Waals surface area contributed by atoms with Crippen molar-refractivity contribution < 1.29 is 14.2 Å². The topological polar surface area (TPSA) is 71.5 Å². The van der Waals surface area contributed by atoms with Crippen LogP contribution in [0.15, 0.2) is 23.3 Å². The first-order chi connectivity index (χ1) is 14.3. The molecule has 2 fully saturated rings. The fraction of sp³-hybridized carbons (Fsp3) is 0.714. The van der Waals surface area contributed by atoms with E-state index in [1.54, 1.807) is 7.11 Å². The van der Waals surface area contributed by atoms with Gasteiger partial charge in [0.2, 0.25) is 0 Å². The molecule has 9 heteroatoms. The van der Waals surface area contributed by atoms with Crippen LogP contribution in [-0.4, -0.2) is 88.7 Å². The molecule has 1 unspecified atom stereocenters. The Morgan fingerprint density at radius 3 is 2.90 bits per heavy atom. The van der Waals surface area contributed by atoms with Crippen LogP contribution in [-0.2, 0) is 20.8 Å². The lowest BCUT2D eigenvalue weighted by atomic mass is 10.1. The minimum Gasteiger partial charge on any atom is -0.382 e. The van der Waals surface area contributed by atoms with E-state index in [0.29, 0.717) is 25.7 Å². The van der Waals surface area contributed by atoms with Crippen LogP contribution in [0.2, 0.25) is 0 Å². The van der Waals surface area contributed by atoms with E-state index in [-0.39, 0.29) is 24.0 Å². The molecular formula is C21H36IN5O3. The van der Waals surface area contributed by atoms with E-state index in [0.717, 1.165) is 76.3 Å². The van der Waals surface area contributed by atoms with E-state index in [4.69, 9.17) is 19.2 Å². The molecule has 3 heterocycles. The van der Waals surface area contributed by atoms with Gasteiger partial charge in [0.1, 0.15) is 5.82 Å². The first-order valence-corrected chi connectivity index (χ1v) is 10.7. The second kappa shape index (κ2) is 14.0. The zero-order valence-corrected chi connectivity index (χ0v) is 20.5. The molecule has 0 bridgehead atoms. The summed E-state index contributed by atoms with van der Waals surface area (Å²) < 4.78 is 16.2. The van der Waals surface area contributed by atoms with E-state index in [9.17, 15) is 0 Å². The molecule has 170 valence electrons. The molecular weight excluding hydrogens is 497 g/mol. The molecule has 30 heavy (non-hydrogen) atoms. The second-order valence-corrected chi connectivity index (χ2v) is 7.42. The Bertz CT molecular complexity index is 643. The molecule has 2 aliphatic rings. The highest BCUT2D eigenvalue weighted by atomic mass is 127. The Balaban J connectivity index is 0.00000320. The largest absolute Gasteiger partial charge is 0.382 e. The van der Waals surface area contributed by atoms with Gasteiger partial charge in [-0.3, -0.25) is 0 Å². The summed E-state index contributed by atoms with van der Waals surface area (Å²) in [5.74, 6) is 2.54. The number of hydrogen-bond acceptors (Lipinski definition) is 6. The van der Waals surface area contributed by atoms with Crippen molar-refractivity contribution in [3.8, 4) is 0 Å². The SMILES string of the molecule is CCNC(=NCc1cccnc1N1CCOCC1)N1CCC(COCCOC)C1.I. The van der Waals surface area contributed by atoms with Crippen molar-refractivity contribution in [2.75, 3.05) is 77.8 Å². The average molecular weight is 533 g/mol. The Kier molecular flexibility index (Phi) is 11.7. The smallest absolute Gasteiger partial charge is 0.194 e. The van der Waals surface area contributed by atoms with Gasteiger partial charge in [-0.25, -0.2) is 9.98 Å². The lowest BCUT2D eigenvalue weighted by Crippen LogP contribution is -2.40. The van der Waals surface area contributed by atoms with E-state index in [1.165, 1.54) is 0 Å². The number of hydrogen-bond donors (Lipinski definition) is 1. The maximum Gasteiger partial charge on any atom is 0.194 e. The third-order valence-electron chi connectivity index (χ3n) is 5.28. The average Bonchev–Trinajstić information content (AvgIpc) is 3.24. The number of rotatable bonds is 9. The zero-order chi connectivity index (χ0) is 20.3.